The lowest BCUT2D eigenvalue weighted by Crippen LogP contribution is -2.23. The monoisotopic (exact) mass is 442 g/mol. The summed E-state index contributed by atoms with van der Waals surface area (Å²) in [5, 5.41) is 2.84. The van der Waals surface area contributed by atoms with Crippen molar-refractivity contribution in [2.24, 2.45) is 0 Å². The molecule has 2 aromatic carbocycles. The van der Waals surface area contributed by atoms with Gasteiger partial charge in [-0.15, -0.1) is 6.58 Å². The molecule has 0 saturated heterocycles. The topological polar surface area (TPSA) is 102 Å². The van der Waals surface area contributed by atoms with Crippen molar-refractivity contribution in [3.05, 3.63) is 66.7 Å². The van der Waals surface area contributed by atoms with Crippen LogP contribution in [-0.2, 0) is 21.3 Å². The van der Waals surface area contributed by atoms with Gasteiger partial charge in [0, 0.05) is 31.9 Å². The molecule has 0 atom stereocenters. The highest BCUT2D eigenvalue weighted by atomic mass is 32.2. The first kappa shape index (κ1) is 22.7. The number of carbonyl (C=O) groups excluding carboxylic acids is 1. The number of aromatic nitrogens is 2. The average Bonchev–Trinajstić information content (AvgIpc) is 3.12. The lowest BCUT2D eigenvalue weighted by atomic mass is 10.2. The van der Waals surface area contributed by atoms with Crippen LogP contribution >= 0.6 is 0 Å². The molecule has 9 heteroatoms. The average molecular weight is 443 g/mol. The molecular weight excluding hydrogens is 416 g/mol. The predicted molar refractivity (Wildman–Crippen MR) is 121 cm³/mol. The van der Waals surface area contributed by atoms with Crippen LogP contribution < -0.4 is 10.0 Å². The van der Waals surface area contributed by atoms with Crippen LogP contribution in [0.5, 0.6) is 0 Å². The number of para-hydroxylation sites is 2. The van der Waals surface area contributed by atoms with Crippen LogP contribution in [0.4, 0.5) is 5.95 Å². The number of nitrogens with one attached hydrogen (secondary N) is 2. The van der Waals surface area contributed by atoms with Gasteiger partial charge in [0.15, 0.2) is 0 Å². The fraction of sp³-hybridized carbons (Fsp3) is 0.273. The first-order valence-electron chi connectivity index (χ1n) is 10.0. The molecule has 0 bridgehead atoms. The molecule has 0 saturated carbocycles. The quantitative estimate of drug-likeness (QED) is 0.351. The van der Waals surface area contributed by atoms with Crippen LogP contribution in [0.3, 0.4) is 0 Å². The van der Waals surface area contributed by atoms with Crippen LogP contribution in [0.15, 0.2) is 66.1 Å². The van der Waals surface area contributed by atoms with Gasteiger partial charge in [-0.1, -0.05) is 18.2 Å². The molecule has 3 aromatic rings. The van der Waals surface area contributed by atoms with Crippen molar-refractivity contribution in [2.75, 3.05) is 25.1 Å². The maximum absolute atomic E-state index is 12.8. The molecule has 8 nitrogen and oxygen atoms in total. The molecule has 1 heterocycles. The Hall–Kier alpha value is -3.01. The van der Waals surface area contributed by atoms with E-state index in [1.54, 1.807) is 0 Å². The molecule has 0 spiro atoms. The predicted octanol–water partition coefficient (Wildman–Crippen LogP) is 3.18. The van der Waals surface area contributed by atoms with Crippen LogP contribution in [0.1, 0.15) is 23.7 Å². The van der Waals surface area contributed by atoms with E-state index >= 15 is 0 Å². The summed E-state index contributed by atoms with van der Waals surface area (Å²) in [5.41, 5.74) is 2.03. The molecule has 164 valence electrons. The van der Waals surface area contributed by atoms with E-state index in [4.69, 9.17) is 4.74 Å². The zero-order chi connectivity index (χ0) is 22.3. The number of amides is 1. The minimum absolute atomic E-state index is 0.0778. The van der Waals surface area contributed by atoms with Gasteiger partial charge < -0.3 is 9.30 Å². The molecule has 0 aliphatic carbocycles. The zero-order valence-corrected chi connectivity index (χ0v) is 18.2. The number of benzene rings is 2. The molecule has 3 rings (SSSR count). The van der Waals surface area contributed by atoms with E-state index in [0.717, 1.165) is 17.5 Å². The van der Waals surface area contributed by atoms with Gasteiger partial charge in [0.05, 0.1) is 15.9 Å². The molecule has 31 heavy (non-hydrogen) atoms. The smallest absolute Gasteiger partial charge is 0.257 e. The van der Waals surface area contributed by atoms with E-state index < -0.39 is 10.0 Å². The Morgan fingerprint density at radius 3 is 2.65 bits per heavy atom. The third-order valence-electron chi connectivity index (χ3n) is 4.60. The van der Waals surface area contributed by atoms with Crippen molar-refractivity contribution in [1.82, 2.24) is 14.3 Å². The third-order valence-corrected chi connectivity index (χ3v) is 6.04. The molecule has 1 aromatic heterocycles. The number of hydrogen-bond donors (Lipinski definition) is 2. The summed E-state index contributed by atoms with van der Waals surface area (Å²) in [7, 11) is -3.64. The highest BCUT2D eigenvalue weighted by Gasteiger charge is 2.16. The number of fused-ring (bicyclic) bond motifs is 1. The Kier molecular flexibility index (Phi) is 7.56. The van der Waals surface area contributed by atoms with Gasteiger partial charge in [-0.3, -0.25) is 10.1 Å². The van der Waals surface area contributed by atoms with Crippen molar-refractivity contribution in [3.8, 4) is 0 Å². The van der Waals surface area contributed by atoms with Crippen LogP contribution in [0.25, 0.3) is 11.0 Å². The molecule has 0 fully saturated rings. The molecule has 0 aliphatic heterocycles. The van der Waals surface area contributed by atoms with Gasteiger partial charge in [0.1, 0.15) is 0 Å². The maximum atomic E-state index is 12.8. The number of sulfonamides is 1. The second-order valence-electron chi connectivity index (χ2n) is 6.75. The summed E-state index contributed by atoms with van der Waals surface area (Å²) in [4.78, 5) is 17.4. The fourth-order valence-electron chi connectivity index (χ4n) is 3.08. The molecular formula is C22H26N4O4S. The van der Waals surface area contributed by atoms with Gasteiger partial charge >= 0.3 is 0 Å². The SMILES string of the molecule is C=CCNS(=O)(=O)c1ccc(C(=O)Nc2nc3ccccc3n2CCCOCC)cc1. The lowest BCUT2D eigenvalue weighted by molar-refractivity contribution is 0.102. The van der Waals surface area contributed by atoms with Gasteiger partial charge in [0.25, 0.3) is 5.91 Å². The minimum atomic E-state index is -3.64. The highest BCUT2D eigenvalue weighted by molar-refractivity contribution is 7.89. The molecule has 0 unspecified atom stereocenters. The number of anilines is 1. The summed E-state index contributed by atoms with van der Waals surface area (Å²) < 4.78 is 34.1. The third kappa shape index (κ3) is 5.57. The van der Waals surface area contributed by atoms with E-state index in [1.807, 2.05) is 35.8 Å². The summed E-state index contributed by atoms with van der Waals surface area (Å²) in [6.07, 6.45) is 2.24. The maximum Gasteiger partial charge on any atom is 0.257 e. The highest BCUT2D eigenvalue weighted by Crippen LogP contribution is 2.21. The number of rotatable bonds is 11. The zero-order valence-electron chi connectivity index (χ0n) is 17.4. The van der Waals surface area contributed by atoms with Gasteiger partial charge in [-0.25, -0.2) is 18.1 Å². The van der Waals surface area contributed by atoms with E-state index in [0.29, 0.717) is 31.3 Å². The van der Waals surface area contributed by atoms with Crippen LogP contribution in [0.2, 0.25) is 0 Å². The van der Waals surface area contributed by atoms with E-state index in [9.17, 15) is 13.2 Å². The lowest BCUT2D eigenvalue weighted by Gasteiger charge is -2.11. The largest absolute Gasteiger partial charge is 0.382 e. The Morgan fingerprint density at radius 1 is 1.19 bits per heavy atom. The first-order chi connectivity index (χ1) is 15.0. The summed E-state index contributed by atoms with van der Waals surface area (Å²) >= 11 is 0. The van der Waals surface area contributed by atoms with Crippen LogP contribution in [-0.4, -0.2) is 43.6 Å². The van der Waals surface area contributed by atoms with Gasteiger partial charge in [-0.05, 0) is 49.7 Å². The standard InChI is InChI=1S/C22H26N4O4S/c1-3-14-23-31(28,29)18-12-10-17(11-13-18)21(27)25-22-24-19-8-5-6-9-20(19)26(22)15-7-16-30-4-2/h3,5-6,8-13,23H,1,4,7,14-16H2,2H3,(H,24,25,27). The molecule has 0 aliphatic rings. The van der Waals surface area contributed by atoms with Crippen LogP contribution in [0, 0.1) is 0 Å². The summed E-state index contributed by atoms with van der Waals surface area (Å²) in [6, 6.07) is 13.4. The van der Waals surface area contributed by atoms with Crippen molar-refractivity contribution in [3.63, 3.8) is 0 Å². The van der Waals surface area contributed by atoms with Crippen molar-refractivity contribution in [1.29, 1.82) is 0 Å². The van der Waals surface area contributed by atoms with Crippen molar-refractivity contribution < 1.29 is 17.9 Å². The molecule has 0 radical (unpaired) electrons. The van der Waals surface area contributed by atoms with E-state index in [2.05, 4.69) is 21.6 Å². The Morgan fingerprint density at radius 2 is 1.94 bits per heavy atom. The summed E-state index contributed by atoms with van der Waals surface area (Å²) in [5.74, 6) is 0.0661. The van der Waals surface area contributed by atoms with E-state index in [1.165, 1.54) is 30.3 Å². The Bertz CT molecular complexity index is 1150. The first-order valence-corrected chi connectivity index (χ1v) is 11.5. The minimum Gasteiger partial charge on any atom is -0.382 e. The Labute approximate surface area is 182 Å². The second kappa shape index (κ2) is 10.3. The van der Waals surface area contributed by atoms with Gasteiger partial charge in [0.2, 0.25) is 16.0 Å². The normalized spacial score (nSPS) is 11.5. The number of ether oxygens (including phenoxy) is 1. The van der Waals surface area contributed by atoms with Crippen molar-refractivity contribution >= 4 is 32.9 Å². The van der Waals surface area contributed by atoms with Gasteiger partial charge in [-0.2, -0.15) is 0 Å². The number of nitrogens with zero attached hydrogens (tertiary/aromatic N) is 2. The van der Waals surface area contributed by atoms with Crippen molar-refractivity contribution in [2.45, 2.75) is 24.8 Å². The molecule has 1 amide bonds. The fourth-order valence-corrected chi connectivity index (χ4v) is 4.08. The Balaban J connectivity index is 1.79. The molecule has 2 N–H and O–H groups in total. The number of imidazole rings is 1. The number of carbonyl (C=O) groups is 1. The van der Waals surface area contributed by atoms with E-state index in [-0.39, 0.29) is 17.3 Å². The summed E-state index contributed by atoms with van der Waals surface area (Å²) in [6.45, 7) is 7.48. The number of aryl methyl sites for hydroxylation is 1. The second-order valence-corrected chi connectivity index (χ2v) is 8.51. The number of hydrogen-bond acceptors (Lipinski definition) is 5.